The van der Waals surface area contributed by atoms with Crippen LogP contribution in [0.15, 0.2) is 40.9 Å². The van der Waals surface area contributed by atoms with E-state index in [0.717, 1.165) is 21.4 Å². The van der Waals surface area contributed by atoms with Crippen molar-refractivity contribution in [3.05, 3.63) is 63.4 Å². The van der Waals surface area contributed by atoms with Crippen molar-refractivity contribution in [3.63, 3.8) is 0 Å². The number of aryl methyl sites for hydroxylation is 2. The highest BCUT2D eigenvalue weighted by atomic mass is 79.9. The molecule has 1 amide bonds. The summed E-state index contributed by atoms with van der Waals surface area (Å²) in [5, 5.41) is 0. The van der Waals surface area contributed by atoms with E-state index in [1.807, 2.05) is 57.2 Å². The second-order valence-electron chi connectivity index (χ2n) is 5.03. The van der Waals surface area contributed by atoms with Crippen LogP contribution in [0.5, 0.6) is 0 Å². The molecule has 0 fully saturated rings. The van der Waals surface area contributed by atoms with Crippen molar-refractivity contribution in [1.29, 1.82) is 0 Å². The van der Waals surface area contributed by atoms with Crippen molar-refractivity contribution < 1.29 is 4.79 Å². The molecular weight excluding hydrogens is 328 g/mol. The summed E-state index contributed by atoms with van der Waals surface area (Å²) in [6.45, 7) is 7.10. The van der Waals surface area contributed by atoms with Crippen LogP contribution in [0.25, 0.3) is 0 Å². The maximum absolute atomic E-state index is 12.7. The second-order valence-corrected chi connectivity index (χ2v) is 5.82. The van der Waals surface area contributed by atoms with Crippen LogP contribution in [0.4, 0.5) is 0 Å². The first-order chi connectivity index (χ1) is 10.0. The summed E-state index contributed by atoms with van der Waals surface area (Å²) in [6.07, 6.45) is 0. The smallest absolute Gasteiger partial charge is 0.255 e. The van der Waals surface area contributed by atoms with E-state index < -0.39 is 0 Å². The van der Waals surface area contributed by atoms with Crippen molar-refractivity contribution in [1.82, 2.24) is 9.88 Å². The van der Waals surface area contributed by atoms with Gasteiger partial charge in [-0.25, -0.2) is 0 Å². The van der Waals surface area contributed by atoms with Crippen molar-refractivity contribution in [2.45, 2.75) is 27.3 Å². The Bertz CT molecular complexity index is 655. The molecule has 0 saturated carbocycles. The van der Waals surface area contributed by atoms with Crippen molar-refractivity contribution in [2.24, 2.45) is 0 Å². The van der Waals surface area contributed by atoms with Gasteiger partial charge >= 0.3 is 0 Å². The molecule has 0 unspecified atom stereocenters. The van der Waals surface area contributed by atoms with E-state index in [1.165, 1.54) is 0 Å². The monoisotopic (exact) mass is 346 g/mol. The lowest BCUT2D eigenvalue weighted by Crippen LogP contribution is -2.31. The van der Waals surface area contributed by atoms with Crippen LogP contribution in [0, 0.1) is 13.8 Å². The lowest BCUT2D eigenvalue weighted by atomic mass is 10.1. The van der Waals surface area contributed by atoms with E-state index in [2.05, 4.69) is 20.9 Å². The Labute approximate surface area is 134 Å². The summed E-state index contributed by atoms with van der Waals surface area (Å²) in [5.41, 5.74) is 3.64. The zero-order valence-electron chi connectivity index (χ0n) is 12.6. The van der Waals surface area contributed by atoms with E-state index in [4.69, 9.17) is 0 Å². The predicted octanol–water partition coefficient (Wildman–Crippen LogP) is 4.12. The molecule has 0 atom stereocenters. The minimum absolute atomic E-state index is 0.0244. The van der Waals surface area contributed by atoms with Crippen molar-refractivity contribution in [3.8, 4) is 0 Å². The normalized spacial score (nSPS) is 10.5. The third kappa shape index (κ3) is 3.70. The van der Waals surface area contributed by atoms with Crippen LogP contribution in [0.1, 0.15) is 34.2 Å². The Morgan fingerprint density at radius 2 is 1.90 bits per heavy atom. The van der Waals surface area contributed by atoms with Gasteiger partial charge in [-0.3, -0.25) is 9.78 Å². The van der Waals surface area contributed by atoms with Gasteiger partial charge in [-0.1, -0.05) is 18.2 Å². The first-order valence-electron chi connectivity index (χ1n) is 7.00. The van der Waals surface area contributed by atoms with Crippen LogP contribution in [-0.4, -0.2) is 22.3 Å². The van der Waals surface area contributed by atoms with Gasteiger partial charge in [0.1, 0.15) is 0 Å². The lowest BCUT2D eigenvalue weighted by molar-refractivity contribution is 0.0749. The van der Waals surface area contributed by atoms with E-state index in [-0.39, 0.29) is 5.91 Å². The molecule has 110 valence electrons. The van der Waals surface area contributed by atoms with E-state index in [0.29, 0.717) is 18.7 Å². The predicted molar refractivity (Wildman–Crippen MR) is 88.3 cm³/mol. The van der Waals surface area contributed by atoms with E-state index in [1.54, 1.807) is 4.90 Å². The molecule has 0 saturated heterocycles. The summed E-state index contributed by atoms with van der Waals surface area (Å²) < 4.78 is 0.866. The fraction of sp³-hybridized carbons (Fsp3) is 0.294. The Hall–Kier alpha value is -1.68. The van der Waals surface area contributed by atoms with Crippen LogP contribution >= 0.6 is 15.9 Å². The summed E-state index contributed by atoms with van der Waals surface area (Å²) in [6, 6.07) is 11.6. The zero-order valence-corrected chi connectivity index (χ0v) is 14.1. The number of hydrogen-bond acceptors (Lipinski definition) is 2. The average molecular weight is 347 g/mol. The Morgan fingerprint density at radius 3 is 2.57 bits per heavy atom. The molecular formula is C17H19BrN2O. The largest absolute Gasteiger partial charge is 0.333 e. The highest BCUT2D eigenvalue weighted by Crippen LogP contribution is 2.23. The highest BCUT2D eigenvalue weighted by molar-refractivity contribution is 9.10. The van der Waals surface area contributed by atoms with Gasteiger partial charge < -0.3 is 4.90 Å². The zero-order chi connectivity index (χ0) is 15.4. The number of carbonyl (C=O) groups excluding carboxylic acids is 1. The summed E-state index contributed by atoms with van der Waals surface area (Å²) in [4.78, 5) is 19.0. The molecule has 2 aromatic rings. The number of halogens is 1. The van der Waals surface area contributed by atoms with E-state index >= 15 is 0 Å². The molecule has 3 nitrogen and oxygen atoms in total. The SMILES string of the molecule is CCN(Cc1cccc(C)n1)C(=O)c1cccc(C)c1Br. The number of nitrogens with zero attached hydrogens (tertiary/aromatic N) is 2. The number of rotatable bonds is 4. The Balaban J connectivity index is 2.25. The standard InChI is InChI=1S/C17H19BrN2O/c1-4-20(11-14-9-6-8-13(3)19-14)17(21)15-10-5-7-12(2)16(15)18/h5-10H,4,11H2,1-3H3. The van der Waals surface area contributed by atoms with Gasteiger partial charge in [-0.2, -0.15) is 0 Å². The maximum atomic E-state index is 12.7. The summed E-state index contributed by atoms with van der Waals surface area (Å²) in [7, 11) is 0. The summed E-state index contributed by atoms with van der Waals surface area (Å²) in [5.74, 6) is 0.0244. The van der Waals surface area contributed by atoms with Crippen LogP contribution in [-0.2, 0) is 6.54 Å². The molecule has 21 heavy (non-hydrogen) atoms. The molecule has 0 spiro atoms. The minimum atomic E-state index is 0.0244. The molecule has 0 aliphatic rings. The molecule has 1 heterocycles. The van der Waals surface area contributed by atoms with Gasteiger partial charge in [0.25, 0.3) is 5.91 Å². The Morgan fingerprint density at radius 1 is 1.19 bits per heavy atom. The molecule has 1 aromatic heterocycles. The first-order valence-corrected chi connectivity index (χ1v) is 7.79. The Kier molecular flexibility index (Phi) is 5.12. The number of benzene rings is 1. The number of aromatic nitrogens is 1. The average Bonchev–Trinajstić information content (AvgIpc) is 2.47. The van der Waals surface area contributed by atoms with Crippen LogP contribution < -0.4 is 0 Å². The van der Waals surface area contributed by atoms with E-state index in [9.17, 15) is 4.79 Å². The number of amides is 1. The fourth-order valence-corrected chi connectivity index (χ4v) is 2.63. The van der Waals surface area contributed by atoms with Crippen LogP contribution in [0.2, 0.25) is 0 Å². The summed E-state index contributed by atoms with van der Waals surface area (Å²) >= 11 is 3.51. The van der Waals surface area contributed by atoms with Gasteiger partial charge in [0.05, 0.1) is 17.8 Å². The van der Waals surface area contributed by atoms with Gasteiger partial charge in [0.2, 0.25) is 0 Å². The third-order valence-corrected chi connectivity index (χ3v) is 4.44. The second kappa shape index (κ2) is 6.85. The molecule has 0 aliphatic carbocycles. The first kappa shape index (κ1) is 15.7. The van der Waals surface area contributed by atoms with Gasteiger partial charge in [0, 0.05) is 16.7 Å². The molecule has 0 N–H and O–H groups in total. The molecule has 1 aromatic carbocycles. The number of carbonyl (C=O) groups is 1. The molecule has 4 heteroatoms. The van der Waals surface area contributed by atoms with Gasteiger partial charge in [-0.05, 0) is 60.5 Å². The topological polar surface area (TPSA) is 33.2 Å². The van der Waals surface area contributed by atoms with Gasteiger partial charge in [-0.15, -0.1) is 0 Å². The molecule has 2 rings (SSSR count). The number of pyridine rings is 1. The number of hydrogen-bond donors (Lipinski definition) is 0. The molecule has 0 radical (unpaired) electrons. The fourth-order valence-electron chi connectivity index (χ4n) is 2.19. The molecule has 0 aliphatic heterocycles. The minimum Gasteiger partial charge on any atom is -0.333 e. The third-order valence-electron chi connectivity index (χ3n) is 3.39. The molecule has 0 bridgehead atoms. The maximum Gasteiger partial charge on any atom is 0.255 e. The van der Waals surface area contributed by atoms with Gasteiger partial charge in [0.15, 0.2) is 0 Å². The van der Waals surface area contributed by atoms with Crippen molar-refractivity contribution >= 4 is 21.8 Å². The van der Waals surface area contributed by atoms with Crippen molar-refractivity contribution in [2.75, 3.05) is 6.54 Å². The lowest BCUT2D eigenvalue weighted by Gasteiger charge is -2.21. The highest BCUT2D eigenvalue weighted by Gasteiger charge is 2.18. The van der Waals surface area contributed by atoms with Crippen LogP contribution in [0.3, 0.4) is 0 Å². The quantitative estimate of drug-likeness (QED) is 0.833.